The van der Waals surface area contributed by atoms with Gasteiger partial charge in [0.2, 0.25) is 10.6 Å². The molecule has 0 aliphatic carbocycles. The van der Waals surface area contributed by atoms with E-state index in [1.165, 1.54) is 0 Å². The van der Waals surface area contributed by atoms with Crippen molar-refractivity contribution in [2.75, 3.05) is 0 Å². The van der Waals surface area contributed by atoms with Gasteiger partial charge in [-0.25, -0.2) is 0 Å². The van der Waals surface area contributed by atoms with Gasteiger partial charge in [-0.15, -0.1) is 10.2 Å². The number of hydrogen-bond donors (Lipinski definition) is 0. The van der Waals surface area contributed by atoms with E-state index in [9.17, 15) is 0 Å². The average molecular weight is 293 g/mol. The summed E-state index contributed by atoms with van der Waals surface area (Å²) in [6.07, 6.45) is 0. The third-order valence-electron chi connectivity index (χ3n) is 1.67. The first-order chi connectivity index (χ1) is 6.68. The number of hydrogen-bond acceptors (Lipinski definition) is 2. The van der Waals surface area contributed by atoms with Gasteiger partial charge in [0, 0.05) is 4.47 Å². The van der Waals surface area contributed by atoms with Gasteiger partial charge in [-0.1, -0.05) is 15.9 Å². The highest BCUT2D eigenvalue weighted by atomic mass is 79.9. The second kappa shape index (κ2) is 3.88. The number of nitrogens with zero attached hydrogens (tertiary/aromatic N) is 3. The molecule has 0 bridgehead atoms. The quantitative estimate of drug-likeness (QED) is 0.807. The Morgan fingerprint density at radius 3 is 2.00 bits per heavy atom. The zero-order valence-electron chi connectivity index (χ0n) is 6.78. The molecule has 0 fully saturated rings. The first kappa shape index (κ1) is 9.96. The summed E-state index contributed by atoms with van der Waals surface area (Å²) >= 11 is 15.0. The second-order valence-corrected chi connectivity index (χ2v) is 4.14. The molecule has 2 aromatic rings. The molecule has 1 aromatic heterocycles. The molecule has 14 heavy (non-hydrogen) atoms. The molecule has 0 saturated carbocycles. The molecule has 0 unspecified atom stereocenters. The summed E-state index contributed by atoms with van der Waals surface area (Å²) in [5.74, 6) is 0. The van der Waals surface area contributed by atoms with Crippen LogP contribution in [0.1, 0.15) is 0 Å². The van der Waals surface area contributed by atoms with Crippen LogP contribution >= 0.6 is 39.1 Å². The van der Waals surface area contributed by atoms with E-state index in [-0.39, 0.29) is 10.6 Å². The predicted octanol–water partition coefficient (Wildman–Crippen LogP) is 3.34. The molecule has 0 aliphatic heterocycles. The highest BCUT2D eigenvalue weighted by molar-refractivity contribution is 9.10. The van der Waals surface area contributed by atoms with Crippen LogP contribution in [0.15, 0.2) is 28.7 Å². The maximum Gasteiger partial charge on any atom is 0.230 e. The van der Waals surface area contributed by atoms with Crippen LogP contribution in [0.2, 0.25) is 10.6 Å². The fourth-order valence-electron chi connectivity index (χ4n) is 1.05. The van der Waals surface area contributed by atoms with Crippen LogP contribution in [0.3, 0.4) is 0 Å². The van der Waals surface area contributed by atoms with Gasteiger partial charge in [-0.3, -0.25) is 4.57 Å². The Balaban J connectivity index is 2.54. The third kappa shape index (κ3) is 1.78. The smallest absolute Gasteiger partial charge is 0.230 e. The summed E-state index contributed by atoms with van der Waals surface area (Å²) in [6, 6.07) is 7.51. The third-order valence-corrected chi connectivity index (χ3v) is 2.69. The van der Waals surface area contributed by atoms with E-state index in [1.54, 1.807) is 4.57 Å². The van der Waals surface area contributed by atoms with E-state index in [0.717, 1.165) is 10.2 Å². The van der Waals surface area contributed by atoms with Crippen molar-refractivity contribution in [2.24, 2.45) is 0 Å². The van der Waals surface area contributed by atoms with Gasteiger partial charge in [-0.2, -0.15) is 0 Å². The van der Waals surface area contributed by atoms with Gasteiger partial charge in [0.15, 0.2) is 0 Å². The van der Waals surface area contributed by atoms with Crippen LogP contribution in [-0.4, -0.2) is 14.8 Å². The molecule has 72 valence electrons. The van der Waals surface area contributed by atoms with Gasteiger partial charge < -0.3 is 0 Å². The van der Waals surface area contributed by atoms with Gasteiger partial charge in [0.25, 0.3) is 0 Å². The van der Waals surface area contributed by atoms with Crippen molar-refractivity contribution in [1.82, 2.24) is 14.8 Å². The summed E-state index contributed by atoms with van der Waals surface area (Å²) < 4.78 is 2.54. The minimum Gasteiger partial charge on any atom is -0.257 e. The van der Waals surface area contributed by atoms with Crippen LogP contribution in [-0.2, 0) is 0 Å². The van der Waals surface area contributed by atoms with Crippen LogP contribution in [0.5, 0.6) is 0 Å². The molecule has 0 N–H and O–H groups in total. The zero-order chi connectivity index (χ0) is 10.1. The minimum atomic E-state index is 0.248. The number of benzene rings is 1. The molecule has 0 amide bonds. The van der Waals surface area contributed by atoms with Crippen molar-refractivity contribution in [3.8, 4) is 5.69 Å². The number of halogens is 3. The van der Waals surface area contributed by atoms with Crippen molar-refractivity contribution in [1.29, 1.82) is 0 Å². The van der Waals surface area contributed by atoms with Crippen molar-refractivity contribution in [2.45, 2.75) is 0 Å². The maximum absolute atomic E-state index is 5.81. The summed E-state index contributed by atoms with van der Waals surface area (Å²) in [5, 5.41) is 7.79. The molecule has 1 heterocycles. The summed E-state index contributed by atoms with van der Waals surface area (Å²) in [7, 11) is 0. The first-order valence-corrected chi connectivity index (χ1v) is 5.26. The zero-order valence-corrected chi connectivity index (χ0v) is 9.88. The van der Waals surface area contributed by atoms with E-state index >= 15 is 0 Å². The fraction of sp³-hybridized carbons (Fsp3) is 0. The molecule has 0 spiro atoms. The predicted molar refractivity (Wildman–Crippen MR) is 59.1 cm³/mol. The van der Waals surface area contributed by atoms with Gasteiger partial charge in [0.1, 0.15) is 0 Å². The highest BCUT2D eigenvalue weighted by Crippen LogP contribution is 2.21. The van der Waals surface area contributed by atoms with Crippen LogP contribution in [0.25, 0.3) is 5.69 Å². The van der Waals surface area contributed by atoms with Crippen molar-refractivity contribution >= 4 is 39.1 Å². The topological polar surface area (TPSA) is 30.7 Å². The lowest BCUT2D eigenvalue weighted by molar-refractivity contribution is 1.06. The Labute approximate surface area is 98.8 Å². The van der Waals surface area contributed by atoms with E-state index in [4.69, 9.17) is 23.2 Å². The minimum absolute atomic E-state index is 0.248. The van der Waals surface area contributed by atoms with Gasteiger partial charge in [-0.05, 0) is 47.5 Å². The van der Waals surface area contributed by atoms with E-state index in [1.807, 2.05) is 24.3 Å². The first-order valence-electron chi connectivity index (χ1n) is 3.71. The molecule has 1 aromatic carbocycles. The highest BCUT2D eigenvalue weighted by Gasteiger charge is 2.09. The van der Waals surface area contributed by atoms with E-state index in [0.29, 0.717) is 0 Å². The Bertz CT molecular complexity index is 433. The Hall–Kier alpha value is -0.580. The molecule has 0 saturated heterocycles. The lowest BCUT2D eigenvalue weighted by atomic mass is 10.3. The maximum atomic E-state index is 5.81. The van der Waals surface area contributed by atoms with Crippen molar-refractivity contribution in [3.05, 3.63) is 39.3 Å². The fourth-order valence-corrected chi connectivity index (χ4v) is 1.79. The second-order valence-electron chi connectivity index (χ2n) is 2.55. The lowest BCUT2D eigenvalue weighted by Crippen LogP contribution is -1.93. The average Bonchev–Trinajstić information content (AvgIpc) is 2.49. The van der Waals surface area contributed by atoms with Crippen molar-refractivity contribution < 1.29 is 0 Å². The van der Waals surface area contributed by atoms with Crippen LogP contribution in [0.4, 0.5) is 0 Å². The molecule has 3 nitrogen and oxygen atoms in total. The summed E-state index contributed by atoms with van der Waals surface area (Å²) in [6.45, 7) is 0. The van der Waals surface area contributed by atoms with Crippen LogP contribution < -0.4 is 0 Å². The molecule has 6 heteroatoms. The van der Waals surface area contributed by atoms with Crippen molar-refractivity contribution in [3.63, 3.8) is 0 Å². The Morgan fingerprint density at radius 1 is 1.00 bits per heavy atom. The molecule has 0 radical (unpaired) electrons. The molecule has 0 aliphatic rings. The number of rotatable bonds is 1. The SMILES string of the molecule is Clc1nnc(Cl)n1-c1ccc(Br)cc1. The van der Waals surface area contributed by atoms with Gasteiger partial charge in [0.05, 0.1) is 5.69 Å². The Morgan fingerprint density at radius 2 is 1.50 bits per heavy atom. The largest absolute Gasteiger partial charge is 0.257 e. The molecule has 0 atom stereocenters. The monoisotopic (exact) mass is 291 g/mol. The molecule has 2 rings (SSSR count). The lowest BCUT2D eigenvalue weighted by Gasteiger charge is -2.03. The molecular weight excluding hydrogens is 289 g/mol. The summed E-state index contributed by atoms with van der Waals surface area (Å²) in [5.41, 5.74) is 0.827. The van der Waals surface area contributed by atoms with E-state index in [2.05, 4.69) is 26.1 Å². The van der Waals surface area contributed by atoms with Gasteiger partial charge >= 0.3 is 0 Å². The normalized spacial score (nSPS) is 10.5. The summed E-state index contributed by atoms with van der Waals surface area (Å²) in [4.78, 5) is 0. The Kier molecular flexibility index (Phi) is 2.76. The van der Waals surface area contributed by atoms with E-state index < -0.39 is 0 Å². The number of aromatic nitrogens is 3. The van der Waals surface area contributed by atoms with Crippen LogP contribution in [0, 0.1) is 0 Å². The molecular formula is C8H4BrCl2N3. The standard InChI is InChI=1S/C8H4BrCl2N3/c9-5-1-3-6(4-2-5)14-7(10)12-13-8(14)11/h1-4H.